The van der Waals surface area contributed by atoms with Gasteiger partial charge < -0.3 is 14.2 Å². The topological polar surface area (TPSA) is 78.9 Å². The average molecular weight is 915 g/mol. The summed E-state index contributed by atoms with van der Waals surface area (Å²) in [6.07, 6.45) is 72.1. The molecule has 0 fully saturated rings. The molecule has 6 heteroatoms. The molecular formula is C60H98O6. The number of carbonyl (C=O) groups is 3. The molecule has 6 nitrogen and oxygen atoms in total. The van der Waals surface area contributed by atoms with E-state index in [0.29, 0.717) is 19.3 Å². The number of allylic oxidation sites excluding steroid dienone is 18. The Balaban J connectivity index is 4.49. The van der Waals surface area contributed by atoms with E-state index in [2.05, 4.69) is 130 Å². The fourth-order valence-electron chi connectivity index (χ4n) is 7.07. The molecule has 374 valence electrons. The third kappa shape index (κ3) is 51.1. The van der Waals surface area contributed by atoms with Gasteiger partial charge in [-0.2, -0.15) is 0 Å². The van der Waals surface area contributed by atoms with Crippen molar-refractivity contribution in [2.45, 2.75) is 239 Å². The first-order valence-electron chi connectivity index (χ1n) is 26.9. The maximum Gasteiger partial charge on any atom is 0.306 e. The van der Waals surface area contributed by atoms with Gasteiger partial charge in [0.15, 0.2) is 6.10 Å². The fourth-order valence-corrected chi connectivity index (χ4v) is 7.07. The summed E-state index contributed by atoms with van der Waals surface area (Å²) in [5.74, 6) is -0.959. The molecule has 0 bridgehead atoms. The van der Waals surface area contributed by atoms with Crippen molar-refractivity contribution in [3.8, 4) is 0 Å². The highest BCUT2D eigenvalue weighted by Crippen LogP contribution is 2.14. The number of ether oxygens (including phenoxy) is 3. The number of unbranched alkanes of at least 4 members (excludes halogenated alkanes) is 21. The van der Waals surface area contributed by atoms with Crippen LogP contribution in [-0.4, -0.2) is 37.2 Å². The van der Waals surface area contributed by atoms with Crippen molar-refractivity contribution in [2.75, 3.05) is 13.2 Å². The average Bonchev–Trinajstić information content (AvgIpc) is 3.31. The van der Waals surface area contributed by atoms with Crippen molar-refractivity contribution in [3.05, 3.63) is 109 Å². The molecule has 1 unspecified atom stereocenters. The highest BCUT2D eigenvalue weighted by atomic mass is 16.6. The number of rotatable bonds is 47. The van der Waals surface area contributed by atoms with E-state index < -0.39 is 6.10 Å². The van der Waals surface area contributed by atoms with E-state index >= 15 is 0 Å². The van der Waals surface area contributed by atoms with Crippen LogP contribution >= 0.6 is 0 Å². The second-order valence-corrected chi connectivity index (χ2v) is 17.5. The van der Waals surface area contributed by atoms with Gasteiger partial charge in [0, 0.05) is 19.3 Å². The molecule has 0 rings (SSSR count). The SMILES string of the molecule is CC/C=C\C/C=C\C/C=C\C/C=C\C/C=C\CCCCCC(=O)OCC(COC(=O)CCCCCCCCCCCCC)OC(=O)CCCCCCC\C=C/C=C\C=C/C=C\CCCCC. The molecule has 0 saturated heterocycles. The minimum Gasteiger partial charge on any atom is -0.462 e. The molecule has 0 radical (unpaired) electrons. The summed E-state index contributed by atoms with van der Waals surface area (Å²) < 4.78 is 16.8. The summed E-state index contributed by atoms with van der Waals surface area (Å²) in [5.41, 5.74) is 0. The fraction of sp³-hybridized carbons (Fsp3) is 0.650. The lowest BCUT2D eigenvalue weighted by atomic mass is 10.1. The maximum atomic E-state index is 12.8. The van der Waals surface area contributed by atoms with E-state index in [4.69, 9.17) is 14.2 Å². The Bertz CT molecular complexity index is 1370. The zero-order valence-electron chi connectivity index (χ0n) is 42.7. The number of esters is 3. The standard InChI is InChI=1S/C60H98O6/c1-4-7-10-13-16-19-22-24-26-28-30-32-33-35-38-41-44-47-50-53-59(62)65-56-57(55-64-58(61)52-49-46-43-40-37-21-18-15-12-9-6-3)66-60(63)54-51-48-45-42-39-36-34-31-29-27-25-23-20-17-14-11-8-5-2/h7,10,16-17,19-20,23-27,29-32,34-35,38,57H,4-6,8-9,11-15,18,21-22,28,33,36-37,39-56H2,1-3H3/b10-7-,19-16-,20-17-,25-23-,26-24-,29-27-,32-30-,34-31-,38-35-. The first-order valence-corrected chi connectivity index (χ1v) is 26.9. The van der Waals surface area contributed by atoms with Gasteiger partial charge in [0.2, 0.25) is 0 Å². The predicted molar refractivity (Wildman–Crippen MR) is 283 cm³/mol. The van der Waals surface area contributed by atoms with E-state index in [9.17, 15) is 14.4 Å². The second kappa shape index (κ2) is 53.7. The van der Waals surface area contributed by atoms with Gasteiger partial charge in [-0.3, -0.25) is 14.4 Å². The van der Waals surface area contributed by atoms with Crippen molar-refractivity contribution < 1.29 is 28.6 Å². The van der Waals surface area contributed by atoms with E-state index in [-0.39, 0.29) is 31.1 Å². The van der Waals surface area contributed by atoms with Crippen LogP contribution in [0.25, 0.3) is 0 Å². The third-order valence-electron chi connectivity index (χ3n) is 11.1. The summed E-state index contributed by atoms with van der Waals surface area (Å²) >= 11 is 0. The van der Waals surface area contributed by atoms with E-state index in [1.165, 1.54) is 70.6 Å². The predicted octanol–water partition coefficient (Wildman–Crippen LogP) is 17.9. The molecule has 0 heterocycles. The Hall–Kier alpha value is -3.93. The molecule has 0 aromatic heterocycles. The van der Waals surface area contributed by atoms with Crippen LogP contribution in [0, 0.1) is 0 Å². The summed E-state index contributed by atoms with van der Waals surface area (Å²) in [6.45, 7) is 6.42. The lowest BCUT2D eigenvalue weighted by Gasteiger charge is -2.18. The van der Waals surface area contributed by atoms with Crippen molar-refractivity contribution in [1.29, 1.82) is 0 Å². The monoisotopic (exact) mass is 915 g/mol. The zero-order valence-corrected chi connectivity index (χ0v) is 42.7. The smallest absolute Gasteiger partial charge is 0.306 e. The molecule has 0 aromatic rings. The Morgan fingerprint density at radius 2 is 0.652 bits per heavy atom. The quantitative estimate of drug-likeness (QED) is 0.0199. The lowest BCUT2D eigenvalue weighted by molar-refractivity contribution is -0.167. The lowest BCUT2D eigenvalue weighted by Crippen LogP contribution is -2.30. The van der Waals surface area contributed by atoms with Crippen LogP contribution in [0.1, 0.15) is 233 Å². The number of hydrogen-bond donors (Lipinski definition) is 0. The second-order valence-electron chi connectivity index (χ2n) is 17.5. The minimum atomic E-state index is -0.804. The summed E-state index contributed by atoms with van der Waals surface area (Å²) in [7, 11) is 0. The van der Waals surface area contributed by atoms with E-state index in [0.717, 1.165) is 122 Å². The Morgan fingerprint density at radius 1 is 0.333 bits per heavy atom. The van der Waals surface area contributed by atoms with Crippen molar-refractivity contribution in [3.63, 3.8) is 0 Å². The third-order valence-corrected chi connectivity index (χ3v) is 11.1. The Labute approximate surface area is 406 Å². The molecule has 0 N–H and O–H groups in total. The van der Waals surface area contributed by atoms with Gasteiger partial charge in [-0.1, -0.05) is 233 Å². The van der Waals surface area contributed by atoms with Gasteiger partial charge in [0.05, 0.1) is 0 Å². The highest BCUT2D eigenvalue weighted by molar-refractivity contribution is 5.71. The minimum absolute atomic E-state index is 0.0989. The molecule has 66 heavy (non-hydrogen) atoms. The zero-order chi connectivity index (χ0) is 47.9. The summed E-state index contributed by atoms with van der Waals surface area (Å²) in [6, 6.07) is 0. The van der Waals surface area contributed by atoms with Gasteiger partial charge in [0.25, 0.3) is 0 Å². The van der Waals surface area contributed by atoms with Crippen LogP contribution in [0.15, 0.2) is 109 Å². The first kappa shape index (κ1) is 62.1. The Kier molecular flexibility index (Phi) is 50.5. The van der Waals surface area contributed by atoms with E-state index in [1.54, 1.807) is 0 Å². The molecule has 0 aliphatic rings. The van der Waals surface area contributed by atoms with Crippen LogP contribution in [0.3, 0.4) is 0 Å². The molecule has 0 spiro atoms. The van der Waals surface area contributed by atoms with Crippen LogP contribution in [-0.2, 0) is 28.6 Å². The van der Waals surface area contributed by atoms with Crippen molar-refractivity contribution in [1.82, 2.24) is 0 Å². The first-order chi connectivity index (χ1) is 32.5. The number of hydrogen-bond acceptors (Lipinski definition) is 6. The van der Waals surface area contributed by atoms with Gasteiger partial charge in [0.1, 0.15) is 13.2 Å². The molecule has 0 aliphatic carbocycles. The molecular weight excluding hydrogens is 817 g/mol. The largest absolute Gasteiger partial charge is 0.462 e. The maximum absolute atomic E-state index is 12.8. The molecule has 0 amide bonds. The summed E-state index contributed by atoms with van der Waals surface area (Å²) in [5, 5.41) is 0. The molecule has 0 aromatic carbocycles. The van der Waals surface area contributed by atoms with Gasteiger partial charge in [-0.05, 0) is 89.9 Å². The van der Waals surface area contributed by atoms with Gasteiger partial charge in [-0.15, -0.1) is 0 Å². The van der Waals surface area contributed by atoms with Crippen LogP contribution in [0.5, 0.6) is 0 Å². The molecule has 0 aliphatic heterocycles. The van der Waals surface area contributed by atoms with E-state index in [1.807, 2.05) is 0 Å². The van der Waals surface area contributed by atoms with Crippen LogP contribution in [0.2, 0.25) is 0 Å². The van der Waals surface area contributed by atoms with Gasteiger partial charge in [-0.25, -0.2) is 0 Å². The van der Waals surface area contributed by atoms with Crippen molar-refractivity contribution >= 4 is 17.9 Å². The molecule has 0 saturated carbocycles. The highest BCUT2D eigenvalue weighted by Gasteiger charge is 2.19. The van der Waals surface area contributed by atoms with Gasteiger partial charge >= 0.3 is 17.9 Å². The van der Waals surface area contributed by atoms with Crippen LogP contribution in [0.4, 0.5) is 0 Å². The molecule has 1 atom stereocenters. The van der Waals surface area contributed by atoms with Crippen molar-refractivity contribution in [2.24, 2.45) is 0 Å². The number of carbonyl (C=O) groups excluding carboxylic acids is 3. The van der Waals surface area contributed by atoms with Crippen LogP contribution < -0.4 is 0 Å². The normalized spacial score (nSPS) is 13.0. The Morgan fingerprint density at radius 3 is 1.11 bits per heavy atom. The summed E-state index contributed by atoms with van der Waals surface area (Å²) in [4.78, 5) is 38.0.